The first kappa shape index (κ1) is 7.69. The maximum atomic E-state index is 12.5. The first-order chi connectivity index (χ1) is 4.74. The molecule has 0 bridgehead atoms. The van der Waals surface area contributed by atoms with Gasteiger partial charge in [-0.15, -0.1) is 0 Å². The topological polar surface area (TPSA) is 19.9 Å². The normalized spacial score (nSPS) is 9.90. The van der Waals surface area contributed by atoms with Crippen LogP contribution in [0.2, 0.25) is 0 Å². The van der Waals surface area contributed by atoms with Crippen molar-refractivity contribution in [3.05, 3.63) is 34.1 Å². The minimum absolute atomic E-state index is 0.307. The van der Waals surface area contributed by atoms with Gasteiger partial charge in [-0.05, 0) is 33.6 Å². The van der Waals surface area contributed by atoms with Crippen molar-refractivity contribution in [2.24, 2.45) is 0 Å². The van der Waals surface area contributed by atoms with Crippen LogP contribution in [0.5, 0.6) is 0 Å². The van der Waals surface area contributed by atoms with Gasteiger partial charge < -0.3 is 0 Å². The van der Waals surface area contributed by atoms with Crippen LogP contribution in [0.4, 0.5) is 4.39 Å². The van der Waals surface area contributed by atoms with E-state index in [-0.39, 0.29) is 12.4 Å². The standard InChI is InChI=1S/C7H5BrFO/c8-6-3-5(4-10)1-2-7(6)9/h1-3H,4H2. The van der Waals surface area contributed by atoms with Crippen molar-refractivity contribution in [3.8, 4) is 0 Å². The monoisotopic (exact) mass is 203 g/mol. The summed E-state index contributed by atoms with van der Waals surface area (Å²) >= 11 is 2.97. The summed E-state index contributed by atoms with van der Waals surface area (Å²) in [5, 5.41) is 10.3. The molecule has 0 heterocycles. The third-order valence-electron chi connectivity index (χ3n) is 1.15. The maximum absolute atomic E-state index is 12.5. The van der Waals surface area contributed by atoms with E-state index in [0.717, 1.165) is 0 Å². The van der Waals surface area contributed by atoms with Crippen molar-refractivity contribution in [1.29, 1.82) is 0 Å². The van der Waals surface area contributed by atoms with Gasteiger partial charge in [0.2, 0.25) is 0 Å². The largest absolute Gasteiger partial charge is 0.232 e. The molecule has 0 unspecified atom stereocenters. The van der Waals surface area contributed by atoms with Crippen LogP contribution in [0.3, 0.4) is 0 Å². The molecule has 1 nitrogen and oxygen atoms in total. The molecule has 0 spiro atoms. The van der Waals surface area contributed by atoms with Crippen LogP contribution in [0.1, 0.15) is 5.56 Å². The Balaban J connectivity index is 3.04. The molecular formula is C7H5BrFO. The van der Waals surface area contributed by atoms with Gasteiger partial charge >= 0.3 is 0 Å². The lowest BCUT2D eigenvalue weighted by atomic mass is 10.2. The minimum Gasteiger partial charge on any atom is -0.232 e. The Labute approximate surface area is 66.6 Å². The zero-order valence-electron chi connectivity index (χ0n) is 5.10. The second-order valence-corrected chi connectivity index (χ2v) is 2.75. The summed E-state index contributed by atoms with van der Waals surface area (Å²) in [7, 11) is 0. The van der Waals surface area contributed by atoms with E-state index in [9.17, 15) is 9.50 Å². The number of benzene rings is 1. The lowest BCUT2D eigenvalue weighted by molar-refractivity contribution is 0.177. The van der Waals surface area contributed by atoms with Gasteiger partial charge in [-0.2, -0.15) is 0 Å². The zero-order valence-corrected chi connectivity index (χ0v) is 6.69. The SMILES string of the molecule is [O]Cc1ccc(F)c(Br)c1. The van der Waals surface area contributed by atoms with Crippen molar-refractivity contribution in [3.63, 3.8) is 0 Å². The van der Waals surface area contributed by atoms with Gasteiger partial charge in [0.05, 0.1) is 4.47 Å². The van der Waals surface area contributed by atoms with Gasteiger partial charge in [0.25, 0.3) is 0 Å². The van der Waals surface area contributed by atoms with Crippen molar-refractivity contribution >= 4 is 15.9 Å². The van der Waals surface area contributed by atoms with E-state index in [1.165, 1.54) is 18.2 Å². The molecule has 1 rings (SSSR count). The minimum atomic E-state index is -0.336. The summed E-state index contributed by atoms with van der Waals surface area (Å²) < 4.78 is 12.8. The Kier molecular flexibility index (Phi) is 2.40. The van der Waals surface area contributed by atoms with Crippen LogP contribution in [0.15, 0.2) is 22.7 Å². The number of hydrogen-bond acceptors (Lipinski definition) is 0. The van der Waals surface area contributed by atoms with E-state index in [1.54, 1.807) is 0 Å². The molecule has 0 N–H and O–H groups in total. The van der Waals surface area contributed by atoms with Gasteiger partial charge in [0, 0.05) is 0 Å². The van der Waals surface area contributed by atoms with Crippen molar-refractivity contribution in [1.82, 2.24) is 0 Å². The molecule has 1 aromatic carbocycles. The third-order valence-corrected chi connectivity index (χ3v) is 1.76. The summed E-state index contributed by atoms with van der Waals surface area (Å²) in [5.74, 6) is -0.336. The summed E-state index contributed by atoms with van der Waals surface area (Å²) in [5.41, 5.74) is 0.591. The smallest absolute Gasteiger partial charge is 0.137 e. The zero-order chi connectivity index (χ0) is 7.56. The van der Waals surface area contributed by atoms with Crippen LogP contribution < -0.4 is 0 Å². The van der Waals surface area contributed by atoms with Crippen LogP contribution in [-0.2, 0) is 11.7 Å². The number of hydrogen-bond donors (Lipinski definition) is 0. The van der Waals surface area contributed by atoms with Gasteiger partial charge in [-0.3, -0.25) is 0 Å². The van der Waals surface area contributed by atoms with Crippen LogP contribution in [0.25, 0.3) is 0 Å². The summed E-state index contributed by atoms with van der Waals surface area (Å²) in [4.78, 5) is 0. The Morgan fingerprint density at radius 3 is 2.70 bits per heavy atom. The third kappa shape index (κ3) is 1.55. The second-order valence-electron chi connectivity index (χ2n) is 1.89. The molecule has 10 heavy (non-hydrogen) atoms. The predicted molar refractivity (Wildman–Crippen MR) is 38.5 cm³/mol. The van der Waals surface area contributed by atoms with E-state index in [1.807, 2.05) is 0 Å². The van der Waals surface area contributed by atoms with Gasteiger partial charge in [-0.25, -0.2) is 9.50 Å². The molecule has 3 heteroatoms. The number of halogens is 2. The fourth-order valence-electron chi connectivity index (χ4n) is 0.629. The Bertz CT molecular complexity index is 237. The summed E-state index contributed by atoms with van der Waals surface area (Å²) in [6, 6.07) is 4.24. The molecule has 0 aliphatic rings. The summed E-state index contributed by atoms with van der Waals surface area (Å²) in [6.07, 6.45) is 0. The Morgan fingerprint density at radius 1 is 1.50 bits per heavy atom. The molecule has 1 aromatic rings. The van der Waals surface area contributed by atoms with E-state index in [4.69, 9.17) is 0 Å². The van der Waals surface area contributed by atoms with E-state index in [2.05, 4.69) is 15.9 Å². The highest BCUT2D eigenvalue weighted by molar-refractivity contribution is 9.10. The fraction of sp³-hybridized carbons (Fsp3) is 0.143. The van der Waals surface area contributed by atoms with Gasteiger partial charge in [0.1, 0.15) is 12.4 Å². The lowest BCUT2D eigenvalue weighted by Crippen LogP contribution is -1.83. The Morgan fingerprint density at radius 2 is 2.20 bits per heavy atom. The molecule has 0 aromatic heterocycles. The fourth-order valence-corrected chi connectivity index (χ4v) is 1.06. The first-order valence-corrected chi connectivity index (χ1v) is 3.55. The highest BCUT2D eigenvalue weighted by Gasteiger charge is 1.98. The molecule has 0 aliphatic heterocycles. The molecule has 0 saturated carbocycles. The molecule has 0 atom stereocenters. The second kappa shape index (κ2) is 3.12. The highest BCUT2D eigenvalue weighted by Crippen LogP contribution is 2.16. The van der Waals surface area contributed by atoms with Crippen molar-refractivity contribution < 1.29 is 9.50 Å². The summed E-state index contributed by atoms with van der Waals surface area (Å²) in [6.45, 7) is -0.307. The average Bonchev–Trinajstić information content (AvgIpc) is 1.95. The van der Waals surface area contributed by atoms with E-state index >= 15 is 0 Å². The molecule has 0 aliphatic carbocycles. The van der Waals surface area contributed by atoms with Crippen molar-refractivity contribution in [2.45, 2.75) is 6.61 Å². The molecule has 53 valence electrons. The maximum Gasteiger partial charge on any atom is 0.137 e. The lowest BCUT2D eigenvalue weighted by Gasteiger charge is -1.95. The highest BCUT2D eigenvalue weighted by atomic mass is 79.9. The van der Waals surface area contributed by atoms with Crippen LogP contribution in [-0.4, -0.2) is 0 Å². The van der Waals surface area contributed by atoms with Gasteiger partial charge in [0.15, 0.2) is 0 Å². The number of rotatable bonds is 1. The predicted octanol–water partition coefficient (Wildman–Crippen LogP) is 2.52. The first-order valence-electron chi connectivity index (χ1n) is 2.76. The molecule has 0 amide bonds. The van der Waals surface area contributed by atoms with Gasteiger partial charge in [-0.1, -0.05) is 6.07 Å². The van der Waals surface area contributed by atoms with Crippen LogP contribution in [0, 0.1) is 5.82 Å². The molecule has 1 radical (unpaired) electrons. The molecule has 0 saturated heterocycles. The molecule has 0 fully saturated rings. The van der Waals surface area contributed by atoms with Crippen LogP contribution >= 0.6 is 15.9 Å². The molecular weight excluding hydrogens is 199 g/mol. The Hall–Kier alpha value is -0.410. The quantitative estimate of drug-likeness (QED) is 0.669. The van der Waals surface area contributed by atoms with E-state index < -0.39 is 0 Å². The van der Waals surface area contributed by atoms with Crippen molar-refractivity contribution in [2.75, 3.05) is 0 Å². The van der Waals surface area contributed by atoms with E-state index in [0.29, 0.717) is 10.0 Å². The average molecular weight is 204 g/mol.